The molecule has 0 spiro atoms. The molecule has 0 saturated heterocycles. The van der Waals surface area contributed by atoms with E-state index < -0.39 is 5.97 Å². The molecule has 0 aliphatic rings. The standard InChI is InChI=1S/C18H16N2O4S/c1-3-14-16(11(2)24-20-14)18(22)23-13-8-6-12(7-9-13)19-17(21)15-5-4-10-25-15/h4-10H,3H2,1-2H3,(H,19,21). The Labute approximate surface area is 148 Å². The minimum Gasteiger partial charge on any atom is -0.423 e. The first-order valence-electron chi connectivity index (χ1n) is 7.70. The van der Waals surface area contributed by atoms with Gasteiger partial charge in [-0.3, -0.25) is 4.79 Å². The van der Waals surface area contributed by atoms with Crippen molar-refractivity contribution in [1.29, 1.82) is 0 Å². The third-order valence-electron chi connectivity index (χ3n) is 3.54. The number of aryl methyl sites for hydroxylation is 2. The average molecular weight is 356 g/mol. The van der Waals surface area contributed by atoms with Crippen LogP contribution in [0.1, 0.15) is 38.4 Å². The molecule has 0 saturated carbocycles. The Kier molecular flexibility index (Phi) is 4.95. The third kappa shape index (κ3) is 3.77. The fraction of sp³-hybridized carbons (Fsp3) is 0.167. The van der Waals surface area contributed by atoms with Crippen molar-refractivity contribution in [2.24, 2.45) is 0 Å². The maximum absolute atomic E-state index is 12.3. The molecule has 2 aromatic heterocycles. The molecule has 0 atom stereocenters. The van der Waals surface area contributed by atoms with Gasteiger partial charge in [0.15, 0.2) is 0 Å². The molecular weight excluding hydrogens is 340 g/mol. The Morgan fingerprint density at radius 2 is 2.00 bits per heavy atom. The molecule has 1 amide bonds. The molecule has 128 valence electrons. The van der Waals surface area contributed by atoms with Crippen molar-refractivity contribution in [1.82, 2.24) is 5.16 Å². The molecule has 3 rings (SSSR count). The van der Waals surface area contributed by atoms with E-state index in [1.54, 1.807) is 37.3 Å². The Bertz CT molecular complexity index is 882. The minimum atomic E-state index is -0.508. The highest BCUT2D eigenvalue weighted by molar-refractivity contribution is 7.12. The van der Waals surface area contributed by atoms with E-state index in [4.69, 9.17) is 9.26 Å². The number of esters is 1. The van der Waals surface area contributed by atoms with Crippen LogP contribution in [0.2, 0.25) is 0 Å². The maximum atomic E-state index is 12.3. The van der Waals surface area contributed by atoms with E-state index >= 15 is 0 Å². The number of anilines is 1. The SMILES string of the molecule is CCc1noc(C)c1C(=O)Oc1ccc(NC(=O)c2cccs2)cc1. The fourth-order valence-corrected chi connectivity index (χ4v) is 2.90. The first-order valence-corrected chi connectivity index (χ1v) is 8.58. The van der Waals surface area contributed by atoms with Crippen LogP contribution in [0.5, 0.6) is 5.75 Å². The second-order valence-corrected chi connectivity index (χ2v) is 6.21. The normalized spacial score (nSPS) is 10.5. The summed E-state index contributed by atoms with van der Waals surface area (Å²) >= 11 is 1.37. The van der Waals surface area contributed by atoms with Gasteiger partial charge in [-0.05, 0) is 49.1 Å². The first-order chi connectivity index (χ1) is 12.1. The third-order valence-corrected chi connectivity index (χ3v) is 4.41. The zero-order valence-corrected chi connectivity index (χ0v) is 14.6. The fourth-order valence-electron chi connectivity index (χ4n) is 2.29. The molecule has 1 N–H and O–H groups in total. The number of nitrogens with one attached hydrogen (secondary N) is 1. The summed E-state index contributed by atoms with van der Waals surface area (Å²) in [6.07, 6.45) is 0.579. The highest BCUT2D eigenvalue weighted by Crippen LogP contribution is 2.21. The highest BCUT2D eigenvalue weighted by atomic mass is 32.1. The van der Waals surface area contributed by atoms with Crippen molar-refractivity contribution < 1.29 is 18.8 Å². The zero-order chi connectivity index (χ0) is 17.8. The summed E-state index contributed by atoms with van der Waals surface area (Å²) in [4.78, 5) is 24.9. The summed E-state index contributed by atoms with van der Waals surface area (Å²) in [5.74, 6) is 0.127. The van der Waals surface area contributed by atoms with Gasteiger partial charge >= 0.3 is 5.97 Å². The number of amides is 1. The van der Waals surface area contributed by atoms with Gasteiger partial charge in [0.1, 0.15) is 17.1 Å². The van der Waals surface area contributed by atoms with Crippen LogP contribution in [-0.4, -0.2) is 17.0 Å². The van der Waals surface area contributed by atoms with Gasteiger partial charge in [-0.2, -0.15) is 0 Å². The Morgan fingerprint density at radius 3 is 2.64 bits per heavy atom. The van der Waals surface area contributed by atoms with Gasteiger partial charge in [0.25, 0.3) is 5.91 Å². The Morgan fingerprint density at radius 1 is 1.24 bits per heavy atom. The number of carbonyl (C=O) groups is 2. The van der Waals surface area contributed by atoms with E-state index in [0.29, 0.717) is 39.8 Å². The molecule has 2 heterocycles. The van der Waals surface area contributed by atoms with Crippen molar-refractivity contribution >= 4 is 28.9 Å². The number of aromatic nitrogens is 1. The number of nitrogens with zero attached hydrogens (tertiary/aromatic N) is 1. The smallest absolute Gasteiger partial charge is 0.349 e. The molecule has 1 aromatic carbocycles. The van der Waals surface area contributed by atoms with Crippen LogP contribution >= 0.6 is 11.3 Å². The number of hydrogen-bond acceptors (Lipinski definition) is 6. The number of hydrogen-bond donors (Lipinski definition) is 1. The van der Waals surface area contributed by atoms with Crippen LogP contribution in [0, 0.1) is 6.92 Å². The molecule has 0 unspecified atom stereocenters. The highest BCUT2D eigenvalue weighted by Gasteiger charge is 2.21. The zero-order valence-electron chi connectivity index (χ0n) is 13.7. The molecule has 6 nitrogen and oxygen atoms in total. The summed E-state index contributed by atoms with van der Waals surface area (Å²) < 4.78 is 10.4. The number of rotatable bonds is 5. The predicted octanol–water partition coefficient (Wildman–Crippen LogP) is 4.08. The second-order valence-electron chi connectivity index (χ2n) is 5.26. The van der Waals surface area contributed by atoms with E-state index in [1.165, 1.54) is 11.3 Å². The van der Waals surface area contributed by atoms with Gasteiger partial charge in [-0.15, -0.1) is 11.3 Å². The van der Waals surface area contributed by atoms with Gasteiger partial charge in [-0.25, -0.2) is 4.79 Å². The number of benzene rings is 1. The number of thiophene rings is 1. The van der Waals surface area contributed by atoms with E-state index in [-0.39, 0.29) is 5.91 Å². The van der Waals surface area contributed by atoms with Crippen molar-refractivity contribution in [2.45, 2.75) is 20.3 Å². The van der Waals surface area contributed by atoms with E-state index in [0.717, 1.165) is 0 Å². The molecule has 0 fully saturated rings. The lowest BCUT2D eigenvalue weighted by Crippen LogP contribution is -2.12. The van der Waals surface area contributed by atoms with Crippen LogP contribution in [0.25, 0.3) is 0 Å². The molecule has 3 aromatic rings. The lowest BCUT2D eigenvalue weighted by Gasteiger charge is -2.07. The molecule has 0 bridgehead atoms. The number of carbonyl (C=O) groups excluding carboxylic acids is 2. The largest absolute Gasteiger partial charge is 0.423 e. The van der Waals surface area contributed by atoms with E-state index in [2.05, 4.69) is 10.5 Å². The molecule has 0 aliphatic heterocycles. The molecule has 0 aliphatic carbocycles. The molecular formula is C18H16N2O4S. The topological polar surface area (TPSA) is 81.4 Å². The van der Waals surface area contributed by atoms with Crippen LogP contribution in [0.3, 0.4) is 0 Å². The summed E-state index contributed by atoms with van der Waals surface area (Å²) in [7, 11) is 0. The van der Waals surface area contributed by atoms with Gasteiger partial charge in [0, 0.05) is 5.69 Å². The predicted molar refractivity (Wildman–Crippen MR) is 94.3 cm³/mol. The van der Waals surface area contributed by atoms with Gasteiger partial charge in [-0.1, -0.05) is 18.1 Å². The van der Waals surface area contributed by atoms with Crippen LogP contribution in [-0.2, 0) is 6.42 Å². The molecule has 0 radical (unpaired) electrons. The van der Waals surface area contributed by atoms with E-state index in [9.17, 15) is 9.59 Å². The summed E-state index contributed by atoms with van der Waals surface area (Å²) in [6.45, 7) is 3.56. The minimum absolute atomic E-state index is 0.174. The van der Waals surface area contributed by atoms with Crippen molar-refractivity contribution in [3.05, 3.63) is 63.7 Å². The summed E-state index contributed by atoms with van der Waals surface area (Å²) in [5.41, 5.74) is 1.55. The first kappa shape index (κ1) is 16.9. The Balaban J connectivity index is 1.67. The van der Waals surface area contributed by atoms with Crippen molar-refractivity contribution in [3.8, 4) is 5.75 Å². The quantitative estimate of drug-likeness (QED) is 0.550. The van der Waals surface area contributed by atoms with Crippen LogP contribution in [0.4, 0.5) is 5.69 Å². The van der Waals surface area contributed by atoms with Gasteiger partial charge < -0.3 is 14.6 Å². The molecule has 7 heteroatoms. The lowest BCUT2D eigenvalue weighted by atomic mass is 10.1. The van der Waals surface area contributed by atoms with Crippen molar-refractivity contribution in [3.63, 3.8) is 0 Å². The molecule has 25 heavy (non-hydrogen) atoms. The monoisotopic (exact) mass is 356 g/mol. The Hall–Kier alpha value is -2.93. The summed E-state index contributed by atoms with van der Waals surface area (Å²) in [5, 5.41) is 8.47. The number of ether oxygens (including phenoxy) is 1. The summed E-state index contributed by atoms with van der Waals surface area (Å²) in [6, 6.07) is 10.2. The van der Waals surface area contributed by atoms with Gasteiger partial charge in [0.2, 0.25) is 0 Å². The van der Waals surface area contributed by atoms with Gasteiger partial charge in [0.05, 0.1) is 10.6 Å². The lowest BCUT2D eigenvalue weighted by molar-refractivity contribution is 0.0731. The van der Waals surface area contributed by atoms with Crippen molar-refractivity contribution in [2.75, 3.05) is 5.32 Å². The maximum Gasteiger partial charge on any atom is 0.349 e. The van der Waals surface area contributed by atoms with E-state index in [1.807, 2.05) is 18.4 Å². The second kappa shape index (κ2) is 7.31. The average Bonchev–Trinajstić information content (AvgIpc) is 3.26. The van der Waals surface area contributed by atoms with Crippen LogP contribution in [0.15, 0.2) is 46.3 Å². The van der Waals surface area contributed by atoms with Crippen LogP contribution < -0.4 is 10.1 Å².